The van der Waals surface area contributed by atoms with Crippen LogP contribution in [-0.4, -0.2) is 15.4 Å². The summed E-state index contributed by atoms with van der Waals surface area (Å²) in [6.45, 7) is 1.75. The van der Waals surface area contributed by atoms with Crippen LogP contribution in [0.4, 0.5) is 15.8 Å². The van der Waals surface area contributed by atoms with E-state index in [1.165, 1.54) is 22.0 Å². The van der Waals surface area contributed by atoms with Gasteiger partial charge in [-0.2, -0.15) is 4.39 Å². The molecule has 0 saturated heterocycles. The molecular weight excluding hydrogens is 567 g/mol. The molecule has 0 unspecified atom stereocenters. The number of nitrogens with zero attached hydrogens (tertiary/aromatic N) is 3. The summed E-state index contributed by atoms with van der Waals surface area (Å²) in [6, 6.07) is 18.8. The van der Waals surface area contributed by atoms with Crippen LogP contribution in [0.15, 0.2) is 104 Å². The van der Waals surface area contributed by atoms with Crippen molar-refractivity contribution in [3.05, 3.63) is 136 Å². The van der Waals surface area contributed by atoms with E-state index >= 15 is 0 Å². The molecule has 0 aliphatic carbocycles. The molecule has 0 radical (unpaired) electrons. The van der Waals surface area contributed by atoms with E-state index in [-0.39, 0.29) is 17.2 Å². The number of hydrogen-bond donors (Lipinski definition) is 1. The quantitative estimate of drug-likeness (QED) is 0.216. The van der Waals surface area contributed by atoms with Crippen LogP contribution >= 0.6 is 22.7 Å². The number of allylic oxidation sites excluding steroid dienone is 1. The van der Waals surface area contributed by atoms with Crippen LogP contribution in [0.25, 0.3) is 17.4 Å². The molecule has 5 aromatic rings. The molecular formula is C29H19FN4O5S2. The smallest absolute Gasteiger partial charge is 0.305 e. The van der Waals surface area contributed by atoms with Gasteiger partial charge in [0.05, 0.1) is 20.7 Å². The molecule has 2 aromatic carbocycles. The number of hydrogen-bond acceptors (Lipinski definition) is 8. The maximum absolute atomic E-state index is 13.8. The zero-order valence-electron chi connectivity index (χ0n) is 21.2. The Hall–Kier alpha value is -4.94. The molecule has 1 aliphatic heterocycles. The van der Waals surface area contributed by atoms with Crippen LogP contribution < -0.4 is 20.2 Å². The molecule has 41 heavy (non-hydrogen) atoms. The highest BCUT2D eigenvalue weighted by Gasteiger charge is 2.33. The third-order valence-electron chi connectivity index (χ3n) is 6.44. The second-order valence-electron chi connectivity index (χ2n) is 9.04. The maximum Gasteiger partial charge on any atom is 0.305 e. The fourth-order valence-electron chi connectivity index (χ4n) is 4.57. The summed E-state index contributed by atoms with van der Waals surface area (Å²) in [6.07, 6.45) is 1.56. The van der Waals surface area contributed by atoms with Crippen LogP contribution in [0.2, 0.25) is 0 Å². The number of aromatic nitrogens is 1. The number of fused-ring (bicyclic) bond motifs is 1. The van der Waals surface area contributed by atoms with Gasteiger partial charge in [-0.1, -0.05) is 35.6 Å². The molecule has 12 heteroatoms. The molecule has 3 aromatic heterocycles. The number of carbonyl (C=O) groups excluding carboxylic acids is 1. The highest BCUT2D eigenvalue weighted by Crippen LogP contribution is 2.33. The summed E-state index contributed by atoms with van der Waals surface area (Å²) < 4.78 is 21.5. The van der Waals surface area contributed by atoms with Crippen molar-refractivity contribution in [2.45, 2.75) is 13.0 Å². The summed E-state index contributed by atoms with van der Waals surface area (Å²) >= 11 is 2.60. The van der Waals surface area contributed by atoms with Gasteiger partial charge >= 0.3 is 5.69 Å². The van der Waals surface area contributed by atoms with Crippen LogP contribution in [0.1, 0.15) is 23.6 Å². The lowest BCUT2D eigenvalue weighted by molar-refractivity contribution is -0.387. The Morgan fingerprint density at radius 3 is 2.68 bits per heavy atom. The molecule has 1 atom stereocenters. The fraction of sp³-hybridized carbons (Fsp3) is 0.0690. The van der Waals surface area contributed by atoms with E-state index in [0.29, 0.717) is 37.6 Å². The Labute approximate surface area is 239 Å². The van der Waals surface area contributed by atoms with Gasteiger partial charge in [0.1, 0.15) is 17.6 Å². The second-order valence-corrected chi connectivity index (χ2v) is 11.0. The normalized spacial score (nSPS) is 15.0. The Kier molecular flexibility index (Phi) is 6.77. The van der Waals surface area contributed by atoms with Crippen molar-refractivity contribution in [2.24, 2.45) is 4.99 Å². The molecule has 1 N–H and O–H groups in total. The average molecular weight is 587 g/mol. The molecule has 0 spiro atoms. The van der Waals surface area contributed by atoms with Gasteiger partial charge in [-0.15, -0.1) is 11.3 Å². The standard InChI is InChI=1S/C29H19FN4O5S2/c1-16-25(27(35)32-18-6-3-2-4-7-18)26(23-8-5-13-40-23)33-28(36)24(41-29(33)31-16)15-19-10-12-22(39-19)17-9-11-20(30)21(14-17)34(37)38/h2-15,26H,1H3,(H,32,35)/b24-15-/t26-/m0/s1. The van der Waals surface area contributed by atoms with Crippen LogP contribution in [0.5, 0.6) is 0 Å². The van der Waals surface area contributed by atoms with Gasteiger partial charge in [0.15, 0.2) is 4.80 Å². The fourth-order valence-corrected chi connectivity index (χ4v) is 6.42. The zero-order valence-corrected chi connectivity index (χ0v) is 22.9. The number of nitrogens with one attached hydrogen (secondary N) is 1. The predicted molar refractivity (Wildman–Crippen MR) is 154 cm³/mol. The molecule has 0 bridgehead atoms. The number of carbonyl (C=O) groups is 1. The number of benzene rings is 2. The number of thiazole rings is 1. The SMILES string of the molecule is CC1=C(C(=O)Nc2ccccc2)[C@H](c2cccs2)n2c(s/c(=C\c3ccc(-c4ccc(F)c([N+](=O)[O-])c4)o3)c2=O)=N1. The van der Waals surface area contributed by atoms with Gasteiger partial charge in [0.2, 0.25) is 5.82 Å². The third-order valence-corrected chi connectivity index (χ3v) is 8.35. The summed E-state index contributed by atoms with van der Waals surface area (Å²) in [7, 11) is 0. The minimum Gasteiger partial charge on any atom is -0.457 e. The molecule has 1 amide bonds. The third kappa shape index (κ3) is 4.94. The van der Waals surface area contributed by atoms with Gasteiger partial charge in [-0.05, 0) is 54.8 Å². The van der Waals surface area contributed by atoms with E-state index in [9.17, 15) is 24.1 Å². The summed E-state index contributed by atoms with van der Waals surface area (Å²) in [5, 5.41) is 15.9. The van der Waals surface area contributed by atoms with Crippen molar-refractivity contribution >= 4 is 46.0 Å². The summed E-state index contributed by atoms with van der Waals surface area (Å²) in [5.41, 5.74) is 0.808. The maximum atomic E-state index is 13.8. The van der Waals surface area contributed by atoms with Crippen molar-refractivity contribution in [2.75, 3.05) is 5.32 Å². The minimum atomic E-state index is -0.945. The molecule has 1 aliphatic rings. The van der Waals surface area contributed by atoms with E-state index in [4.69, 9.17) is 4.42 Å². The molecule has 4 heterocycles. The zero-order chi connectivity index (χ0) is 28.7. The highest BCUT2D eigenvalue weighted by atomic mass is 32.1. The Balaban J connectivity index is 1.41. The number of thiophene rings is 1. The second kappa shape index (κ2) is 10.6. The van der Waals surface area contributed by atoms with Crippen LogP contribution in [0, 0.1) is 15.9 Å². The number of rotatable bonds is 6. The van der Waals surface area contributed by atoms with E-state index < -0.39 is 22.5 Å². The first-order chi connectivity index (χ1) is 19.8. The van der Waals surface area contributed by atoms with E-state index in [2.05, 4.69) is 10.3 Å². The topological polar surface area (TPSA) is 120 Å². The number of nitro groups is 1. The van der Waals surface area contributed by atoms with Crippen LogP contribution in [0.3, 0.4) is 0 Å². The van der Waals surface area contributed by atoms with Crippen molar-refractivity contribution < 1.29 is 18.5 Å². The van der Waals surface area contributed by atoms with Gasteiger partial charge in [-0.3, -0.25) is 24.3 Å². The molecule has 0 saturated carbocycles. The molecule has 6 rings (SSSR count). The lowest BCUT2D eigenvalue weighted by Crippen LogP contribution is -2.40. The average Bonchev–Trinajstić information content (AvgIpc) is 3.71. The first-order valence-electron chi connectivity index (χ1n) is 12.3. The summed E-state index contributed by atoms with van der Waals surface area (Å²) in [4.78, 5) is 43.5. The Morgan fingerprint density at radius 2 is 1.95 bits per heavy atom. The van der Waals surface area contributed by atoms with Crippen LogP contribution in [-0.2, 0) is 4.79 Å². The van der Waals surface area contributed by atoms with E-state index in [0.717, 1.165) is 28.3 Å². The number of halogens is 1. The first-order valence-corrected chi connectivity index (χ1v) is 14.0. The van der Waals surface area contributed by atoms with Crippen molar-refractivity contribution in [3.63, 3.8) is 0 Å². The number of para-hydroxylation sites is 1. The lowest BCUT2D eigenvalue weighted by Gasteiger charge is -2.24. The summed E-state index contributed by atoms with van der Waals surface area (Å²) in [5.74, 6) is -0.699. The van der Waals surface area contributed by atoms with Crippen molar-refractivity contribution in [1.82, 2.24) is 4.57 Å². The van der Waals surface area contributed by atoms with E-state index in [1.54, 1.807) is 37.3 Å². The number of anilines is 1. The monoisotopic (exact) mass is 586 g/mol. The molecule has 9 nitrogen and oxygen atoms in total. The highest BCUT2D eigenvalue weighted by molar-refractivity contribution is 7.10. The van der Waals surface area contributed by atoms with Gasteiger partial charge in [0.25, 0.3) is 11.5 Å². The Bertz CT molecular complexity index is 2020. The first kappa shape index (κ1) is 26.3. The molecule has 0 fully saturated rings. The largest absolute Gasteiger partial charge is 0.457 e. The Morgan fingerprint density at radius 1 is 1.15 bits per heavy atom. The van der Waals surface area contributed by atoms with Crippen molar-refractivity contribution in [1.29, 1.82) is 0 Å². The lowest BCUT2D eigenvalue weighted by atomic mass is 10.0. The predicted octanol–water partition coefficient (Wildman–Crippen LogP) is 5.24. The van der Waals surface area contributed by atoms with Gasteiger partial charge < -0.3 is 9.73 Å². The minimum absolute atomic E-state index is 0.277. The van der Waals surface area contributed by atoms with Crippen molar-refractivity contribution in [3.8, 4) is 11.3 Å². The number of amides is 1. The number of furan rings is 1. The van der Waals surface area contributed by atoms with Gasteiger partial charge in [-0.25, -0.2) is 4.99 Å². The van der Waals surface area contributed by atoms with E-state index in [1.807, 2.05) is 35.7 Å². The van der Waals surface area contributed by atoms with Gasteiger partial charge in [0, 0.05) is 28.3 Å². The molecule has 204 valence electrons. The number of nitro benzene ring substituents is 1.